The molecule has 614 valence electrons. The van der Waals surface area contributed by atoms with Gasteiger partial charge in [0, 0.05) is 77.2 Å². The van der Waals surface area contributed by atoms with Gasteiger partial charge >= 0.3 is 29.6 Å². The minimum atomic E-state index is -0.750. The van der Waals surface area contributed by atoms with Crippen LogP contribution in [-0.2, 0) is 10.8 Å². The number of rotatable bonds is 13. The second-order valence-electron chi connectivity index (χ2n) is 34.3. The van der Waals surface area contributed by atoms with Gasteiger partial charge in [0.15, 0.2) is 0 Å². The molecule has 0 amide bonds. The number of hydrogen-bond donors (Lipinski definition) is 1. The van der Waals surface area contributed by atoms with Crippen molar-refractivity contribution in [3.8, 4) is 100 Å². The summed E-state index contributed by atoms with van der Waals surface area (Å²) < 4.78 is 4.85. The van der Waals surface area contributed by atoms with E-state index in [-0.39, 0.29) is 40.4 Å². The number of halogens is 1. The summed E-state index contributed by atoms with van der Waals surface area (Å²) in [6.07, 6.45) is 0. The van der Waals surface area contributed by atoms with Gasteiger partial charge in [-0.3, -0.25) is 0 Å². The Morgan fingerprint density at radius 2 is 0.567 bits per heavy atom. The van der Waals surface area contributed by atoms with Crippen molar-refractivity contribution >= 4 is 83.6 Å². The normalized spacial score (nSPS) is 12.3. The fourth-order valence-corrected chi connectivity index (χ4v) is 18.4. The minimum Gasteiger partial charge on any atom is -0.850 e. The van der Waals surface area contributed by atoms with E-state index in [1.807, 2.05) is 32.0 Å². The van der Waals surface area contributed by atoms with Crippen molar-refractivity contribution in [3.63, 3.8) is 0 Å². The van der Waals surface area contributed by atoms with Crippen molar-refractivity contribution in [2.24, 2.45) is 0 Å². The molecule has 2 aliphatic rings. The summed E-state index contributed by atoms with van der Waals surface area (Å²) in [4.78, 5) is 2.40. The number of anilines is 5. The van der Waals surface area contributed by atoms with Gasteiger partial charge in [-0.15, -0.1) is 5.60 Å². The predicted molar refractivity (Wildman–Crippen MR) is 536 cm³/mol. The second kappa shape index (κ2) is 36.9. The molecule has 18 aromatic carbocycles. The monoisotopic (exact) mass is 1670 g/mol. The van der Waals surface area contributed by atoms with Crippen LogP contribution >= 0.6 is 11.6 Å². The van der Waals surface area contributed by atoms with Gasteiger partial charge in [0.25, 0.3) is 0 Å². The van der Waals surface area contributed by atoms with E-state index >= 15 is 0 Å². The molecule has 7 heteroatoms. The van der Waals surface area contributed by atoms with Gasteiger partial charge in [0.2, 0.25) is 0 Å². The standard InChI is InChI=1S/C57H42N2.C33H24ClN.C24H19N.C4H9O.C2H6.Na/c1-57(2)53-24-13-12-23-49(53)51-37-52-50-34-33-48(36-55(50)59(56(52)38-54(51)57)46-31-27-43(28-32-46)40-17-8-4-9-18-40)58(45-29-25-42(26-30-45)39-15-6-3-7-16-39)47-22-14-21-44(35-47)41-19-10-5-11-20-41;1-33(2)29-11-7-6-10-25(29)27-19-28-26-17-14-23(34)18-31(26)35(32(28)20-30(27)33)24-15-12-22(13-16-24)21-8-4-3-5-9-21;1-3-8-19(9-4-1)21-14-16-23(17-15-21)25-24-13-7-12-22(18-24)20-10-5-2-6-11-20;1-4(2,3)5;1-2;/h3-38H,1-2H3;3-20H,1-2H3;1-18,25H;1-3H3;1-2H3;/q;;;-1;;+1. The molecule has 2 aromatic heterocycles. The van der Waals surface area contributed by atoms with Crippen molar-refractivity contribution in [1.29, 1.82) is 0 Å². The summed E-state index contributed by atoms with van der Waals surface area (Å²) >= 11 is 6.51. The molecule has 0 unspecified atom stereocenters. The summed E-state index contributed by atoms with van der Waals surface area (Å²) in [5, 5.41) is 19.3. The molecule has 5 nitrogen and oxygen atoms in total. The summed E-state index contributed by atoms with van der Waals surface area (Å²) in [7, 11) is 0. The van der Waals surface area contributed by atoms with Crippen LogP contribution in [0.2, 0.25) is 5.02 Å². The van der Waals surface area contributed by atoms with Crippen molar-refractivity contribution in [2.45, 2.75) is 78.7 Å². The molecule has 20 aromatic rings. The van der Waals surface area contributed by atoms with Crippen LogP contribution in [0.25, 0.3) is 144 Å². The van der Waals surface area contributed by atoms with Crippen molar-refractivity contribution in [2.75, 3.05) is 10.2 Å². The van der Waals surface area contributed by atoms with E-state index in [0.717, 1.165) is 50.4 Å². The van der Waals surface area contributed by atoms with Crippen LogP contribution in [0.15, 0.2) is 437 Å². The van der Waals surface area contributed by atoms with E-state index in [9.17, 15) is 5.11 Å². The fourth-order valence-electron chi connectivity index (χ4n) is 18.2. The molecule has 0 aliphatic heterocycles. The molecule has 2 aliphatic carbocycles. The van der Waals surface area contributed by atoms with Crippen molar-refractivity contribution < 1.29 is 34.7 Å². The van der Waals surface area contributed by atoms with Gasteiger partial charge < -0.3 is 24.5 Å². The molecule has 0 spiro atoms. The van der Waals surface area contributed by atoms with Gasteiger partial charge in [-0.25, -0.2) is 0 Å². The van der Waals surface area contributed by atoms with Crippen molar-refractivity contribution in [1.82, 2.24) is 9.13 Å². The Kier molecular flexibility index (Phi) is 24.9. The predicted octanol–water partition coefficient (Wildman–Crippen LogP) is 29.9. The minimum absolute atomic E-state index is 0. The first-order chi connectivity index (χ1) is 61.4. The molecule has 0 saturated carbocycles. The van der Waals surface area contributed by atoms with Crippen LogP contribution in [0.1, 0.15) is 84.6 Å². The summed E-state index contributed by atoms with van der Waals surface area (Å²) in [6, 6.07) is 157. The number of hydrogen-bond acceptors (Lipinski definition) is 3. The molecule has 127 heavy (non-hydrogen) atoms. The van der Waals surface area contributed by atoms with Crippen LogP contribution in [0.4, 0.5) is 28.4 Å². The Bertz CT molecular complexity index is 7240. The molecule has 0 saturated heterocycles. The Balaban J connectivity index is 0.000000141. The molecule has 0 atom stereocenters. The SMILES string of the molecule is CC.CC(C)(C)[O-].CC1(C)c2ccccc2-c2cc3c4ccc(Cl)cc4n(-c4ccc(-c5ccccc5)cc4)c3cc21.CC1(C)c2ccccc2-c2cc3c4ccc(N(c5ccc(-c6ccccc6)cc5)c5cccc(-c6ccccc6)c5)cc4n(-c4ccc(-c5ccccc5)cc4)c3cc21.[Na+].c1ccc(-c2ccc(Nc3cccc(-c4ccccc4)c3)cc2)cc1. The van der Waals surface area contributed by atoms with Gasteiger partial charge in [-0.2, -0.15) is 0 Å². The molecule has 22 rings (SSSR count). The average molecular weight is 1670 g/mol. The van der Waals surface area contributed by atoms with E-state index in [1.54, 1.807) is 20.8 Å². The Morgan fingerprint density at radius 3 is 0.984 bits per heavy atom. The third-order valence-electron chi connectivity index (χ3n) is 24.3. The van der Waals surface area contributed by atoms with Gasteiger partial charge in [-0.1, -0.05) is 389 Å². The first-order valence-corrected chi connectivity index (χ1v) is 44.1. The van der Waals surface area contributed by atoms with Crippen LogP contribution < -0.4 is 44.9 Å². The number of fused-ring (bicyclic) bond motifs is 12. The van der Waals surface area contributed by atoms with E-state index in [1.165, 1.54) is 149 Å². The summed E-state index contributed by atoms with van der Waals surface area (Å²) in [5.74, 6) is 0. The van der Waals surface area contributed by atoms with Gasteiger partial charge in [0.05, 0.1) is 22.1 Å². The number of nitrogens with one attached hydrogen (secondary N) is 1. The zero-order chi connectivity index (χ0) is 86.6. The molecule has 1 N–H and O–H groups in total. The maximum absolute atomic E-state index is 10.1. The first-order valence-electron chi connectivity index (χ1n) is 43.7. The fraction of sp³-hybridized carbons (Fsp3) is 0.100. The molecular formula is C120H100ClN4NaO. The van der Waals surface area contributed by atoms with Crippen LogP contribution in [0, 0.1) is 0 Å². The van der Waals surface area contributed by atoms with Gasteiger partial charge in [-0.05, 0) is 233 Å². The number of aromatic nitrogens is 2. The van der Waals surface area contributed by atoms with Crippen LogP contribution in [0.3, 0.4) is 0 Å². The molecule has 2 heterocycles. The van der Waals surface area contributed by atoms with Gasteiger partial charge in [0.1, 0.15) is 0 Å². The second-order valence-corrected chi connectivity index (χ2v) is 34.8. The summed E-state index contributed by atoms with van der Waals surface area (Å²) in [6.45, 7) is 18.3. The Morgan fingerprint density at radius 1 is 0.260 bits per heavy atom. The molecule has 0 radical (unpaired) electrons. The molecule has 0 bridgehead atoms. The number of benzene rings is 18. The molecular weight excluding hydrogens is 1570 g/mol. The van der Waals surface area contributed by atoms with E-state index in [0.29, 0.717) is 0 Å². The van der Waals surface area contributed by atoms with Crippen molar-refractivity contribution in [3.05, 3.63) is 464 Å². The number of nitrogens with zero attached hydrogens (tertiary/aromatic N) is 3. The largest absolute Gasteiger partial charge is 1.00 e. The smallest absolute Gasteiger partial charge is 0.850 e. The topological polar surface area (TPSA) is 48.2 Å². The average Bonchev–Trinajstić information content (AvgIpc) is 1.55. The summed E-state index contributed by atoms with van der Waals surface area (Å²) in [5.41, 5.74) is 37.0. The quantitative estimate of drug-likeness (QED) is 0.117. The molecule has 0 fully saturated rings. The Labute approximate surface area is 774 Å². The zero-order valence-corrected chi connectivity index (χ0v) is 76.5. The third-order valence-corrected chi connectivity index (χ3v) is 24.5. The van der Waals surface area contributed by atoms with E-state index in [4.69, 9.17) is 11.6 Å². The first kappa shape index (κ1) is 85.6. The van der Waals surface area contributed by atoms with E-state index < -0.39 is 5.60 Å². The Hall–Kier alpha value is -13.6. The van der Waals surface area contributed by atoms with Crippen LogP contribution in [-0.4, -0.2) is 14.7 Å². The maximum atomic E-state index is 10.1. The third kappa shape index (κ3) is 17.7. The van der Waals surface area contributed by atoms with E-state index in [2.05, 4.69) is 466 Å². The maximum Gasteiger partial charge on any atom is 1.00 e. The van der Waals surface area contributed by atoms with Crippen LogP contribution in [0.5, 0.6) is 0 Å². The zero-order valence-electron chi connectivity index (χ0n) is 73.7.